The summed E-state index contributed by atoms with van der Waals surface area (Å²) in [7, 11) is 1.63. The molecule has 1 aromatic heterocycles. The summed E-state index contributed by atoms with van der Waals surface area (Å²) in [6.07, 6.45) is 0.641. The van der Waals surface area contributed by atoms with Crippen molar-refractivity contribution in [3.05, 3.63) is 34.7 Å². The van der Waals surface area contributed by atoms with Gasteiger partial charge in [0.15, 0.2) is 11.4 Å². The fourth-order valence-electron chi connectivity index (χ4n) is 2.05. The first-order valence-corrected chi connectivity index (χ1v) is 6.03. The zero-order valence-electron chi connectivity index (χ0n) is 10.5. The van der Waals surface area contributed by atoms with E-state index in [1.807, 2.05) is 18.2 Å². The Hall–Kier alpha value is -2.14. The quantitative estimate of drug-likeness (QED) is 0.793. The summed E-state index contributed by atoms with van der Waals surface area (Å²) in [6.45, 7) is 0.931. The van der Waals surface area contributed by atoms with Crippen LogP contribution in [0, 0.1) is 0 Å². The van der Waals surface area contributed by atoms with E-state index in [9.17, 15) is 4.79 Å². The number of benzene rings is 1. The Morgan fingerprint density at radius 3 is 3.05 bits per heavy atom. The van der Waals surface area contributed by atoms with Crippen molar-refractivity contribution in [2.24, 2.45) is 4.99 Å². The van der Waals surface area contributed by atoms with Crippen LogP contribution in [0.3, 0.4) is 0 Å². The summed E-state index contributed by atoms with van der Waals surface area (Å²) in [6, 6.07) is 7.28. The van der Waals surface area contributed by atoms with Crippen molar-refractivity contribution in [3.8, 4) is 5.75 Å². The maximum atomic E-state index is 11.9. The van der Waals surface area contributed by atoms with Crippen molar-refractivity contribution in [2.75, 3.05) is 20.3 Å². The maximum Gasteiger partial charge on any atom is 0.366 e. The van der Waals surface area contributed by atoms with Gasteiger partial charge >= 0.3 is 5.63 Å². The minimum Gasteiger partial charge on any atom is -0.484 e. The molecular weight excluding hydrogens is 246 g/mol. The molecule has 2 heterocycles. The number of nitrogens with zero attached hydrogens (tertiary/aromatic N) is 1. The molecule has 0 spiro atoms. The summed E-state index contributed by atoms with van der Waals surface area (Å²) in [4.78, 5) is 16.3. The second-order valence-corrected chi connectivity index (χ2v) is 4.27. The lowest BCUT2D eigenvalue weighted by molar-refractivity contribution is 0.205. The molecule has 19 heavy (non-hydrogen) atoms. The Bertz CT molecular complexity index is 702. The molecule has 0 bridgehead atoms. The van der Waals surface area contributed by atoms with Gasteiger partial charge in [-0.2, -0.15) is 0 Å². The van der Waals surface area contributed by atoms with Crippen molar-refractivity contribution in [1.29, 1.82) is 0 Å². The maximum absolute atomic E-state index is 11.9. The van der Waals surface area contributed by atoms with Gasteiger partial charge < -0.3 is 13.9 Å². The molecule has 0 amide bonds. The van der Waals surface area contributed by atoms with Gasteiger partial charge in [0.2, 0.25) is 0 Å². The van der Waals surface area contributed by atoms with Gasteiger partial charge in [-0.3, -0.25) is 0 Å². The van der Waals surface area contributed by atoms with Gasteiger partial charge in [-0.05, 0) is 12.1 Å². The predicted octanol–water partition coefficient (Wildman–Crippen LogP) is 2.29. The van der Waals surface area contributed by atoms with E-state index < -0.39 is 5.63 Å². The number of methoxy groups -OCH3 is 1. The molecule has 5 nitrogen and oxygen atoms in total. The van der Waals surface area contributed by atoms with E-state index in [-0.39, 0.29) is 5.69 Å². The molecule has 3 rings (SSSR count). The number of rotatable bonds is 3. The average molecular weight is 259 g/mol. The highest BCUT2D eigenvalue weighted by atomic mass is 16.5. The van der Waals surface area contributed by atoms with Crippen LogP contribution in [0.5, 0.6) is 5.75 Å². The fraction of sp³-hybridized carbons (Fsp3) is 0.286. The number of para-hydroxylation sites is 1. The highest BCUT2D eigenvalue weighted by Gasteiger charge is 2.20. The largest absolute Gasteiger partial charge is 0.484 e. The highest BCUT2D eigenvalue weighted by molar-refractivity contribution is 5.95. The first-order valence-electron chi connectivity index (χ1n) is 6.03. The van der Waals surface area contributed by atoms with E-state index in [0.29, 0.717) is 31.0 Å². The lowest BCUT2D eigenvalue weighted by atomic mass is 10.2. The Balaban J connectivity index is 2.13. The number of hydrogen-bond acceptors (Lipinski definition) is 5. The second kappa shape index (κ2) is 4.85. The van der Waals surface area contributed by atoms with Crippen LogP contribution in [-0.2, 0) is 4.74 Å². The van der Waals surface area contributed by atoms with Crippen molar-refractivity contribution < 1.29 is 13.9 Å². The molecule has 0 unspecified atom stereocenters. The summed E-state index contributed by atoms with van der Waals surface area (Å²) in [5.41, 5.74) is 1.08. The van der Waals surface area contributed by atoms with E-state index in [2.05, 4.69) is 4.99 Å². The number of aliphatic imine (C=N–C) groups is 1. The van der Waals surface area contributed by atoms with Gasteiger partial charge in [0, 0.05) is 13.5 Å². The lowest BCUT2D eigenvalue weighted by Gasteiger charge is -2.17. The van der Waals surface area contributed by atoms with Crippen LogP contribution in [0.1, 0.15) is 6.42 Å². The molecule has 1 aliphatic rings. The van der Waals surface area contributed by atoms with Gasteiger partial charge in [-0.15, -0.1) is 0 Å². The number of fused-ring (bicyclic) bond motifs is 3. The van der Waals surface area contributed by atoms with Gasteiger partial charge in [0.25, 0.3) is 0 Å². The standard InChI is InChI=1S/C14H13NO4/c1-17-7-6-9-8-18-13-10-4-2-3-5-11(10)19-14(16)12(13)15-9/h2-5H,6-8H2,1H3. The first-order chi connectivity index (χ1) is 9.29. The van der Waals surface area contributed by atoms with E-state index in [0.717, 1.165) is 11.1 Å². The molecule has 0 fully saturated rings. The van der Waals surface area contributed by atoms with E-state index in [1.54, 1.807) is 13.2 Å². The monoisotopic (exact) mass is 259 g/mol. The molecule has 5 heteroatoms. The summed E-state index contributed by atoms with van der Waals surface area (Å²) in [5.74, 6) is 0.507. The third-order valence-electron chi connectivity index (χ3n) is 2.99. The minimum absolute atomic E-state index is 0.246. The molecule has 0 N–H and O–H groups in total. The van der Waals surface area contributed by atoms with Crippen LogP contribution >= 0.6 is 0 Å². The van der Waals surface area contributed by atoms with Crippen molar-refractivity contribution in [2.45, 2.75) is 6.42 Å². The Kier molecular flexibility index (Phi) is 3.05. The summed E-state index contributed by atoms with van der Waals surface area (Å²) in [5, 5.41) is 0.770. The molecule has 0 atom stereocenters. The second-order valence-electron chi connectivity index (χ2n) is 4.27. The smallest absolute Gasteiger partial charge is 0.366 e. The highest BCUT2D eigenvalue weighted by Crippen LogP contribution is 2.35. The molecule has 98 valence electrons. The third-order valence-corrected chi connectivity index (χ3v) is 2.99. The van der Waals surface area contributed by atoms with Crippen LogP contribution < -0.4 is 10.4 Å². The Morgan fingerprint density at radius 1 is 1.37 bits per heavy atom. The van der Waals surface area contributed by atoms with Gasteiger partial charge in [-0.25, -0.2) is 9.79 Å². The zero-order chi connectivity index (χ0) is 13.2. The van der Waals surface area contributed by atoms with E-state index in [4.69, 9.17) is 13.9 Å². The Labute approximate surface area is 109 Å². The molecule has 1 aliphatic heterocycles. The van der Waals surface area contributed by atoms with Gasteiger partial charge in [-0.1, -0.05) is 12.1 Å². The average Bonchev–Trinajstić information content (AvgIpc) is 2.45. The van der Waals surface area contributed by atoms with Crippen molar-refractivity contribution >= 4 is 22.4 Å². The lowest BCUT2D eigenvalue weighted by Crippen LogP contribution is -2.19. The topological polar surface area (TPSA) is 61.0 Å². The van der Waals surface area contributed by atoms with Crippen LogP contribution in [0.4, 0.5) is 5.69 Å². The third kappa shape index (κ3) is 2.13. The summed E-state index contributed by atoms with van der Waals surface area (Å²) < 4.78 is 15.9. The molecule has 1 aromatic carbocycles. The molecule has 0 saturated carbocycles. The number of ether oxygens (including phenoxy) is 2. The van der Waals surface area contributed by atoms with Crippen molar-refractivity contribution in [1.82, 2.24) is 0 Å². The van der Waals surface area contributed by atoms with Crippen LogP contribution in [0.15, 0.2) is 38.5 Å². The zero-order valence-corrected chi connectivity index (χ0v) is 10.5. The van der Waals surface area contributed by atoms with E-state index >= 15 is 0 Å². The van der Waals surface area contributed by atoms with E-state index in [1.165, 1.54) is 0 Å². The molecule has 0 radical (unpaired) electrons. The van der Waals surface area contributed by atoms with Crippen molar-refractivity contribution in [3.63, 3.8) is 0 Å². The molecule has 2 aromatic rings. The molecule has 0 saturated heterocycles. The minimum atomic E-state index is -0.469. The molecular formula is C14H13NO4. The van der Waals surface area contributed by atoms with Gasteiger partial charge in [0.05, 0.1) is 17.7 Å². The number of hydrogen-bond donors (Lipinski definition) is 0. The summed E-state index contributed by atoms with van der Waals surface area (Å²) >= 11 is 0. The van der Waals surface area contributed by atoms with Crippen LogP contribution in [0.25, 0.3) is 11.0 Å². The predicted molar refractivity (Wildman–Crippen MR) is 71.6 cm³/mol. The SMILES string of the molecule is COCCC1=Nc2c(c3ccccc3oc2=O)OC1. The van der Waals surface area contributed by atoms with Crippen LogP contribution in [0.2, 0.25) is 0 Å². The first kappa shape index (κ1) is 11.9. The molecule has 0 aliphatic carbocycles. The van der Waals surface area contributed by atoms with Gasteiger partial charge in [0.1, 0.15) is 12.2 Å². The fourth-order valence-corrected chi connectivity index (χ4v) is 2.05. The van der Waals surface area contributed by atoms with Crippen LogP contribution in [-0.4, -0.2) is 26.0 Å². The Morgan fingerprint density at radius 2 is 2.21 bits per heavy atom. The normalized spacial score (nSPS) is 13.8.